The Hall–Kier alpha value is -4.00. The third-order valence-electron chi connectivity index (χ3n) is 7.63. The second kappa shape index (κ2) is 16.2. The summed E-state index contributed by atoms with van der Waals surface area (Å²) in [6, 6.07) is 12.8. The molecule has 0 bridgehead atoms. The fourth-order valence-corrected chi connectivity index (χ4v) is 5.12. The van der Waals surface area contributed by atoms with Crippen molar-refractivity contribution in [1.82, 2.24) is 4.98 Å². The highest BCUT2D eigenvalue weighted by molar-refractivity contribution is 5.74. The third-order valence-corrected chi connectivity index (χ3v) is 7.63. The molecule has 0 aliphatic carbocycles. The van der Waals surface area contributed by atoms with Crippen LogP contribution in [-0.2, 0) is 6.42 Å². The van der Waals surface area contributed by atoms with Gasteiger partial charge in [0.1, 0.15) is 11.5 Å². The average Bonchev–Trinajstić information content (AvgIpc) is 3.02. The first kappa shape index (κ1) is 32.9. The van der Waals surface area contributed by atoms with Crippen molar-refractivity contribution < 1.29 is 26.7 Å². The Morgan fingerprint density at radius 1 is 0.682 bits per heavy atom. The molecule has 1 heterocycles. The van der Waals surface area contributed by atoms with Gasteiger partial charge in [0.05, 0.1) is 6.61 Å². The molecule has 0 fully saturated rings. The lowest BCUT2D eigenvalue weighted by atomic mass is 9.97. The molecule has 4 rings (SSSR count). The van der Waals surface area contributed by atoms with Crippen LogP contribution in [0, 0.1) is 29.1 Å². The summed E-state index contributed by atoms with van der Waals surface area (Å²) in [6.45, 7) is 4.37. The molecule has 0 atom stereocenters. The predicted octanol–water partition coefficient (Wildman–Crippen LogP) is 11.4. The molecular weight excluding hydrogens is 569 g/mol. The average molecular weight is 608 g/mol. The van der Waals surface area contributed by atoms with E-state index in [1.807, 2.05) is 19.1 Å². The highest BCUT2D eigenvalue weighted by Gasteiger charge is 2.20. The van der Waals surface area contributed by atoms with Gasteiger partial charge in [-0.05, 0) is 67.1 Å². The molecule has 0 spiro atoms. The molecular formula is C37H38F5NO. The first-order chi connectivity index (χ1) is 21.3. The molecule has 0 saturated heterocycles. The number of unbranched alkanes of at least 4 members (excludes halogenated alkanes) is 6. The number of aromatic nitrogens is 1. The Morgan fingerprint density at radius 3 is 1.89 bits per heavy atom. The molecule has 232 valence electrons. The molecule has 0 amide bonds. The zero-order valence-corrected chi connectivity index (χ0v) is 25.2. The summed E-state index contributed by atoms with van der Waals surface area (Å²) in [5, 5.41) is 0. The Labute approximate surface area is 256 Å². The van der Waals surface area contributed by atoms with Crippen LogP contribution in [-0.4, -0.2) is 11.6 Å². The van der Waals surface area contributed by atoms with E-state index in [0.29, 0.717) is 36.1 Å². The van der Waals surface area contributed by atoms with Gasteiger partial charge < -0.3 is 4.74 Å². The van der Waals surface area contributed by atoms with Gasteiger partial charge in [-0.2, -0.15) is 4.39 Å². The largest absolute Gasteiger partial charge is 0.490 e. The second-order valence-electron chi connectivity index (χ2n) is 10.9. The van der Waals surface area contributed by atoms with Crippen molar-refractivity contribution in [3.8, 4) is 39.3 Å². The molecule has 0 saturated carbocycles. The number of nitrogens with zero attached hydrogens (tertiary/aromatic N) is 1. The van der Waals surface area contributed by atoms with E-state index in [2.05, 4.69) is 11.9 Å². The van der Waals surface area contributed by atoms with E-state index in [0.717, 1.165) is 19.3 Å². The van der Waals surface area contributed by atoms with Crippen LogP contribution in [0.15, 0.2) is 72.9 Å². The van der Waals surface area contributed by atoms with E-state index < -0.39 is 29.1 Å². The maximum atomic E-state index is 15.2. The van der Waals surface area contributed by atoms with Gasteiger partial charge in [0.25, 0.3) is 0 Å². The number of halogens is 5. The van der Waals surface area contributed by atoms with Gasteiger partial charge in [-0.25, -0.2) is 17.6 Å². The highest BCUT2D eigenvalue weighted by Crippen LogP contribution is 2.35. The fourth-order valence-electron chi connectivity index (χ4n) is 5.12. The van der Waals surface area contributed by atoms with Crippen molar-refractivity contribution in [2.75, 3.05) is 6.61 Å². The number of rotatable bonds is 15. The van der Waals surface area contributed by atoms with Crippen molar-refractivity contribution in [1.29, 1.82) is 0 Å². The SMILES string of the molecule is CC=CCCc1cnc(-c2ccc(-c3ccc(-c4ccc(OCCCCCCCCC)c(F)c4F)cc3)c(F)c2F)c(F)c1. The number of pyridine rings is 1. The van der Waals surface area contributed by atoms with Crippen LogP contribution in [0.2, 0.25) is 0 Å². The van der Waals surface area contributed by atoms with Crippen LogP contribution in [0.4, 0.5) is 22.0 Å². The van der Waals surface area contributed by atoms with Gasteiger partial charge in [0.15, 0.2) is 23.2 Å². The number of hydrogen-bond acceptors (Lipinski definition) is 2. The van der Waals surface area contributed by atoms with E-state index >= 15 is 8.78 Å². The fraction of sp³-hybridized carbons (Fsp3) is 0.324. The molecule has 7 heteroatoms. The zero-order chi connectivity index (χ0) is 31.5. The number of hydrogen-bond donors (Lipinski definition) is 0. The minimum atomic E-state index is -1.22. The quantitative estimate of drug-likeness (QED) is 0.0762. The smallest absolute Gasteiger partial charge is 0.201 e. The van der Waals surface area contributed by atoms with Crippen LogP contribution in [0.1, 0.15) is 70.8 Å². The number of allylic oxidation sites excluding steroid dienone is 2. The van der Waals surface area contributed by atoms with Crippen LogP contribution in [0.3, 0.4) is 0 Å². The monoisotopic (exact) mass is 607 g/mol. The number of aryl methyl sites for hydroxylation is 1. The summed E-state index contributed by atoms with van der Waals surface area (Å²) in [4.78, 5) is 4.05. The maximum absolute atomic E-state index is 15.2. The van der Waals surface area contributed by atoms with Crippen molar-refractivity contribution in [2.24, 2.45) is 0 Å². The van der Waals surface area contributed by atoms with Crippen LogP contribution in [0.25, 0.3) is 33.5 Å². The van der Waals surface area contributed by atoms with Crippen molar-refractivity contribution in [3.05, 3.63) is 108 Å². The molecule has 2 nitrogen and oxygen atoms in total. The van der Waals surface area contributed by atoms with Crippen molar-refractivity contribution >= 4 is 0 Å². The first-order valence-electron chi connectivity index (χ1n) is 15.3. The Bertz CT molecular complexity index is 1570. The number of benzene rings is 3. The molecule has 0 unspecified atom stereocenters. The van der Waals surface area contributed by atoms with E-state index in [-0.39, 0.29) is 28.1 Å². The Kier molecular flexibility index (Phi) is 12.1. The van der Waals surface area contributed by atoms with Crippen molar-refractivity contribution in [3.63, 3.8) is 0 Å². The summed E-state index contributed by atoms with van der Waals surface area (Å²) in [5.74, 6) is -5.36. The van der Waals surface area contributed by atoms with Crippen LogP contribution >= 0.6 is 0 Å². The van der Waals surface area contributed by atoms with Crippen LogP contribution in [0.5, 0.6) is 5.75 Å². The summed E-state index contributed by atoms with van der Waals surface area (Å²) in [7, 11) is 0. The molecule has 0 aliphatic rings. The lowest BCUT2D eigenvalue weighted by Gasteiger charge is -2.12. The Morgan fingerprint density at radius 2 is 1.25 bits per heavy atom. The summed E-state index contributed by atoms with van der Waals surface area (Å²) >= 11 is 0. The van der Waals surface area contributed by atoms with Gasteiger partial charge in [-0.15, -0.1) is 0 Å². The topological polar surface area (TPSA) is 22.1 Å². The Balaban J connectivity index is 1.44. The lowest BCUT2D eigenvalue weighted by molar-refractivity contribution is 0.285. The third kappa shape index (κ3) is 8.13. The van der Waals surface area contributed by atoms with Crippen LogP contribution < -0.4 is 4.74 Å². The molecule has 44 heavy (non-hydrogen) atoms. The minimum absolute atomic E-state index is 0.0232. The van der Waals surface area contributed by atoms with E-state index in [4.69, 9.17) is 4.74 Å². The van der Waals surface area contributed by atoms with Gasteiger partial charge in [0.2, 0.25) is 5.82 Å². The normalized spacial score (nSPS) is 11.4. The molecule has 4 aromatic rings. The molecule has 0 N–H and O–H groups in total. The number of ether oxygens (including phenoxy) is 1. The predicted molar refractivity (Wildman–Crippen MR) is 167 cm³/mol. The summed E-state index contributed by atoms with van der Waals surface area (Å²) in [5.41, 5.74) is 0.751. The van der Waals surface area contributed by atoms with Gasteiger partial charge >= 0.3 is 0 Å². The first-order valence-corrected chi connectivity index (χ1v) is 15.3. The van der Waals surface area contributed by atoms with Gasteiger partial charge in [-0.1, -0.05) is 87.9 Å². The van der Waals surface area contributed by atoms with Gasteiger partial charge in [0, 0.05) is 22.9 Å². The van der Waals surface area contributed by atoms with E-state index in [1.165, 1.54) is 86.5 Å². The molecule has 3 aromatic carbocycles. The molecule has 0 radical (unpaired) electrons. The molecule has 0 aliphatic heterocycles. The van der Waals surface area contributed by atoms with E-state index in [1.54, 1.807) is 0 Å². The zero-order valence-electron chi connectivity index (χ0n) is 25.2. The highest BCUT2D eigenvalue weighted by atomic mass is 19.2. The summed E-state index contributed by atoms with van der Waals surface area (Å²) in [6.07, 6.45) is 14.2. The minimum Gasteiger partial charge on any atom is -0.490 e. The van der Waals surface area contributed by atoms with Crippen molar-refractivity contribution in [2.45, 2.75) is 71.6 Å². The second-order valence-corrected chi connectivity index (χ2v) is 10.9. The standard InChI is InChI=1S/C37H38F5NO/c1-3-5-7-8-9-10-12-22-44-32-21-20-29(34(40)36(32)42)27-16-14-26(15-17-27)28-18-19-30(35(41)33(28)39)37-31(38)23-25(24-43-37)13-11-6-4-2/h4,6,14-21,23-24H,3,5,7-13,22H2,1-2H3. The maximum Gasteiger partial charge on any atom is 0.201 e. The lowest BCUT2D eigenvalue weighted by Crippen LogP contribution is -2.02. The molecule has 1 aromatic heterocycles. The van der Waals surface area contributed by atoms with Gasteiger partial charge in [-0.3, -0.25) is 4.98 Å². The summed E-state index contributed by atoms with van der Waals surface area (Å²) < 4.78 is 80.4. The van der Waals surface area contributed by atoms with E-state index in [9.17, 15) is 13.2 Å².